The summed E-state index contributed by atoms with van der Waals surface area (Å²) in [7, 11) is 0. The van der Waals surface area contributed by atoms with E-state index in [2.05, 4.69) is 233 Å². The largest absolute Gasteiger partial charge is 0.456 e. The third-order valence-electron chi connectivity index (χ3n) is 15.2. The molecule has 2 aliphatic rings. The molecule has 10 aromatic rings. The number of fused-ring (bicyclic) bond motifs is 6. The Balaban J connectivity index is 0.998. The molecular weight excluding hydrogens is 811 g/mol. The van der Waals surface area contributed by atoms with Gasteiger partial charge in [-0.05, 0) is 164 Å². The molecule has 0 unspecified atom stereocenters. The van der Waals surface area contributed by atoms with Gasteiger partial charge >= 0.3 is 0 Å². The van der Waals surface area contributed by atoms with Crippen molar-refractivity contribution >= 4 is 39.0 Å². The second-order valence-electron chi connectivity index (χ2n) is 19.9. The predicted molar refractivity (Wildman–Crippen MR) is 282 cm³/mol. The van der Waals surface area contributed by atoms with Crippen molar-refractivity contribution in [3.8, 4) is 44.5 Å². The quantitative estimate of drug-likeness (QED) is 0.148. The van der Waals surface area contributed by atoms with Crippen LogP contribution in [0.25, 0.3) is 66.4 Å². The molecule has 12 rings (SSSR count). The van der Waals surface area contributed by atoms with E-state index in [1.165, 1.54) is 97.2 Å². The smallest absolute Gasteiger partial charge is 0.137 e. The summed E-state index contributed by atoms with van der Waals surface area (Å²) in [4.78, 5) is 2.34. The van der Waals surface area contributed by atoms with Crippen LogP contribution < -0.4 is 4.90 Å². The lowest BCUT2D eigenvalue weighted by molar-refractivity contribution is 0.521. The summed E-state index contributed by atoms with van der Waals surface area (Å²) < 4.78 is 6.99. The van der Waals surface area contributed by atoms with Gasteiger partial charge < -0.3 is 9.32 Å². The van der Waals surface area contributed by atoms with Crippen LogP contribution in [0, 0.1) is 0 Å². The maximum absolute atomic E-state index is 6.99. The first kappa shape index (κ1) is 41.0. The first-order valence-corrected chi connectivity index (χ1v) is 24.2. The van der Waals surface area contributed by atoms with Crippen molar-refractivity contribution in [1.29, 1.82) is 0 Å². The molecule has 0 radical (unpaired) electrons. The van der Waals surface area contributed by atoms with Crippen LogP contribution in [0.2, 0.25) is 0 Å². The van der Waals surface area contributed by atoms with Crippen LogP contribution in [-0.4, -0.2) is 0 Å². The molecule has 0 N–H and O–H groups in total. The van der Waals surface area contributed by atoms with Crippen LogP contribution in [0.3, 0.4) is 0 Å². The molecule has 0 aliphatic heterocycles. The third-order valence-corrected chi connectivity index (χ3v) is 15.2. The van der Waals surface area contributed by atoms with E-state index < -0.39 is 0 Å². The maximum atomic E-state index is 6.99. The molecule has 0 fully saturated rings. The monoisotopic (exact) mass is 865 g/mol. The molecule has 67 heavy (non-hydrogen) atoms. The van der Waals surface area contributed by atoms with Gasteiger partial charge in [-0.1, -0.05) is 168 Å². The van der Waals surface area contributed by atoms with Crippen molar-refractivity contribution in [1.82, 2.24) is 0 Å². The zero-order valence-corrected chi connectivity index (χ0v) is 38.9. The average molecular weight is 866 g/mol. The van der Waals surface area contributed by atoms with Gasteiger partial charge in [0.1, 0.15) is 11.2 Å². The molecule has 0 saturated heterocycles. The van der Waals surface area contributed by atoms with Gasteiger partial charge in [-0.15, -0.1) is 0 Å². The topological polar surface area (TPSA) is 16.4 Å². The standard InChI is InChI=1S/C65H55NO/c1-64(2)58-25-14-15-26-59(58)65(3,4)61-42-57(53-24-16-22-47-21-12-7-13-23-52(47)53)56(41-60(61)64)48-31-37-54-55-38-36-51(40-63(55)67-62(54)39-48)66(49-32-27-45(28-33-49)43-17-8-5-9-18-43)50-34-29-46(30-35-50)44-19-10-6-11-20-44/h5-6,8-11,14-20,22,24-42H,7,12-13,21,23H2,1-4H3. The number of hydrogen-bond acceptors (Lipinski definition) is 2. The van der Waals surface area contributed by atoms with E-state index in [1.54, 1.807) is 0 Å². The van der Waals surface area contributed by atoms with Crippen LogP contribution in [0.15, 0.2) is 205 Å². The van der Waals surface area contributed by atoms with Gasteiger partial charge in [0, 0.05) is 44.7 Å². The van der Waals surface area contributed by atoms with E-state index in [-0.39, 0.29) is 10.8 Å². The minimum Gasteiger partial charge on any atom is -0.456 e. The number of aryl methyl sites for hydroxylation is 1. The normalized spacial score (nSPS) is 14.8. The number of benzene rings is 9. The van der Waals surface area contributed by atoms with E-state index in [0.29, 0.717) is 0 Å². The van der Waals surface area contributed by atoms with Gasteiger partial charge in [0.15, 0.2) is 0 Å². The van der Waals surface area contributed by atoms with Crippen molar-refractivity contribution in [2.75, 3.05) is 4.90 Å². The van der Waals surface area contributed by atoms with Gasteiger partial charge in [-0.3, -0.25) is 0 Å². The highest BCUT2D eigenvalue weighted by molar-refractivity contribution is 6.07. The van der Waals surface area contributed by atoms with Gasteiger partial charge in [0.05, 0.1) is 0 Å². The molecule has 0 bridgehead atoms. The molecule has 326 valence electrons. The van der Waals surface area contributed by atoms with Gasteiger partial charge in [0.2, 0.25) is 0 Å². The van der Waals surface area contributed by atoms with Gasteiger partial charge in [-0.25, -0.2) is 0 Å². The molecular formula is C65H55NO. The highest BCUT2D eigenvalue weighted by Gasteiger charge is 2.42. The Morgan fingerprint density at radius 2 is 0.851 bits per heavy atom. The minimum absolute atomic E-state index is 0.150. The Morgan fingerprint density at radius 1 is 0.358 bits per heavy atom. The molecule has 2 heteroatoms. The van der Waals surface area contributed by atoms with Crippen LogP contribution in [-0.2, 0) is 23.7 Å². The highest BCUT2D eigenvalue weighted by atomic mass is 16.3. The van der Waals surface area contributed by atoms with Gasteiger partial charge in [-0.2, -0.15) is 0 Å². The zero-order valence-electron chi connectivity index (χ0n) is 38.9. The first-order chi connectivity index (χ1) is 32.7. The Kier molecular flexibility index (Phi) is 9.91. The lowest BCUT2D eigenvalue weighted by Gasteiger charge is -2.44. The number of furan rings is 1. The molecule has 0 saturated carbocycles. The Bertz CT molecular complexity index is 3380. The Labute approximate surface area is 395 Å². The van der Waals surface area contributed by atoms with E-state index in [4.69, 9.17) is 4.42 Å². The third kappa shape index (κ3) is 7.01. The van der Waals surface area contributed by atoms with E-state index in [0.717, 1.165) is 51.8 Å². The molecule has 0 atom stereocenters. The van der Waals surface area contributed by atoms with Crippen LogP contribution in [0.1, 0.15) is 80.3 Å². The molecule has 0 spiro atoms. The number of nitrogens with zero attached hydrogens (tertiary/aromatic N) is 1. The Hall–Kier alpha value is -7.42. The van der Waals surface area contributed by atoms with Crippen LogP contribution in [0.5, 0.6) is 0 Å². The number of anilines is 3. The fourth-order valence-electron chi connectivity index (χ4n) is 11.6. The minimum atomic E-state index is -0.169. The summed E-state index contributed by atoms with van der Waals surface area (Å²) in [6.07, 6.45) is 6.05. The summed E-state index contributed by atoms with van der Waals surface area (Å²) >= 11 is 0. The molecule has 2 nitrogen and oxygen atoms in total. The summed E-state index contributed by atoms with van der Waals surface area (Å²) in [6, 6.07) is 73.9. The lowest BCUT2D eigenvalue weighted by Crippen LogP contribution is -2.36. The van der Waals surface area contributed by atoms with E-state index in [1.807, 2.05) is 0 Å². The van der Waals surface area contributed by atoms with Crippen molar-refractivity contribution in [3.05, 3.63) is 234 Å². The predicted octanol–water partition coefficient (Wildman–Crippen LogP) is 18.0. The van der Waals surface area contributed by atoms with Gasteiger partial charge in [0.25, 0.3) is 0 Å². The second-order valence-corrected chi connectivity index (χ2v) is 19.9. The Morgan fingerprint density at radius 3 is 1.46 bits per heavy atom. The fraction of sp³-hybridized carbons (Fsp3) is 0.169. The first-order valence-electron chi connectivity index (χ1n) is 24.2. The van der Waals surface area contributed by atoms with Crippen molar-refractivity contribution in [2.45, 2.75) is 70.6 Å². The zero-order chi connectivity index (χ0) is 45.3. The van der Waals surface area contributed by atoms with Crippen LogP contribution in [0.4, 0.5) is 17.1 Å². The lowest BCUT2D eigenvalue weighted by atomic mass is 9.59. The number of rotatable bonds is 7. The molecule has 1 heterocycles. The van der Waals surface area contributed by atoms with Crippen molar-refractivity contribution in [3.63, 3.8) is 0 Å². The summed E-state index contributed by atoms with van der Waals surface area (Å²) in [6.45, 7) is 9.67. The SMILES string of the molecule is CC1(C)c2ccccc2C(C)(C)c2cc(-c3cccc4c3CCCCC4)c(-c3ccc4c(c3)oc3cc(N(c5ccc(-c6ccccc6)cc5)c5ccc(-c6ccccc6)cc5)ccc34)cc21. The second kappa shape index (κ2) is 16.2. The molecule has 1 aromatic heterocycles. The average Bonchev–Trinajstić information content (AvgIpc) is 3.55. The molecule has 2 aliphatic carbocycles. The maximum Gasteiger partial charge on any atom is 0.137 e. The fourth-order valence-corrected chi connectivity index (χ4v) is 11.6. The molecule has 9 aromatic carbocycles. The highest BCUT2D eigenvalue weighted by Crippen LogP contribution is 2.53. The van der Waals surface area contributed by atoms with Crippen LogP contribution >= 0.6 is 0 Å². The summed E-state index contributed by atoms with van der Waals surface area (Å²) in [5, 5.41) is 2.24. The summed E-state index contributed by atoms with van der Waals surface area (Å²) in [5.41, 5.74) is 23.3. The van der Waals surface area contributed by atoms with Crippen molar-refractivity contribution < 1.29 is 4.42 Å². The van der Waals surface area contributed by atoms with E-state index in [9.17, 15) is 0 Å². The number of hydrogen-bond donors (Lipinski definition) is 0. The van der Waals surface area contributed by atoms with E-state index >= 15 is 0 Å². The summed E-state index contributed by atoms with van der Waals surface area (Å²) in [5.74, 6) is 0. The van der Waals surface area contributed by atoms with Crippen molar-refractivity contribution in [2.24, 2.45) is 0 Å². The molecule has 0 amide bonds.